The van der Waals surface area contributed by atoms with E-state index in [4.69, 9.17) is 0 Å². The Balaban J connectivity index is 1.48. The van der Waals surface area contributed by atoms with Gasteiger partial charge in [-0.25, -0.2) is 13.9 Å². The summed E-state index contributed by atoms with van der Waals surface area (Å²) in [6.07, 6.45) is -2.79. The summed E-state index contributed by atoms with van der Waals surface area (Å²) < 4.78 is 66.7. The zero-order valence-electron chi connectivity index (χ0n) is 17.7. The number of nitrogens with zero attached hydrogens (tertiary/aromatic N) is 4. The first kappa shape index (κ1) is 22.6. The monoisotopic (exact) mass is 486 g/mol. The molecule has 12 heteroatoms. The molecule has 1 aliphatic rings. The van der Waals surface area contributed by atoms with Crippen molar-refractivity contribution in [3.8, 4) is 22.5 Å². The number of halogens is 5. The second kappa shape index (κ2) is 8.22. The first-order chi connectivity index (χ1) is 16.7. The van der Waals surface area contributed by atoms with Crippen LogP contribution in [0.1, 0.15) is 24.1 Å². The van der Waals surface area contributed by atoms with E-state index in [1.165, 1.54) is 18.2 Å². The number of benzene rings is 2. The van der Waals surface area contributed by atoms with Crippen LogP contribution in [0.3, 0.4) is 0 Å². The minimum Gasteiger partial charge on any atom is -0.325 e. The van der Waals surface area contributed by atoms with Gasteiger partial charge in [0.15, 0.2) is 5.82 Å². The number of anilines is 1. The summed E-state index contributed by atoms with van der Waals surface area (Å²) in [5.41, 5.74) is -0.711. The lowest BCUT2D eigenvalue weighted by Gasteiger charge is -2.18. The zero-order chi connectivity index (χ0) is 24.8. The minimum absolute atomic E-state index is 0.0119. The summed E-state index contributed by atoms with van der Waals surface area (Å²) in [6.45, 7) is 0. The van der Waals surface area contributed by atoms with E-state index in [1.54, 1.807) is 6.07 Å². The number of rotatable bonds is 5. The summed E-state index contributed by atoms with van der Waals surface area (Å²) in [4.78, 5) is 16.6. The first-order valence-corrected chi connectivity index (χ1v) is 10.4. The van der Waals surface area contributed by atoms with Gasteiger partial charge in [-0.3, -0.25) is 9.78 Å². The number of pyridine rings is 1. The number of nitrogens with one attached hydrogen (secondary N) is 2. The lowest BCUT2D eigenvalue weighted by molar-refractivity contribution is -0.141. The molecule has 1 saturated carbocycles. The molecule has 2 N–H and O–H groups in total. The number of aromatic amines is 1. The molecule has 4 aromatic rings. The Morgan fingerprint density at radius 1 is 1.00 bits per heavy atom. The molecule has 7 nitrogen and oxygen atoms in total. The molecule has 0 unspecified atom stereocenters. The van der Waals surface area contributed by atoms with Crippen LogP contribution in [-0.4, -0.2) is 31.5 Å². The third kappa shape index (κ3) is 4.22. The molecule has 5 rings (SSSR count). The van der Waals surface area contributed by atoms with E-state index in [1.807, 2.05) is 0 Å². The van der Waals surface area contributed by atoms with Gasteiger partial charge in [-0.2, -0.15) is 13.2 Å². The van der Waals surface area contributed by atoms with E-state index >= 15 is 0 Å². The van der Waals surface area contributed by atoms with Crippen LogP contribution in [-0.2, 0) is 16.4 Å². The number of carbonyl (C=O) groups is 1. The Kier molecular flexibility index (Phi) is 5.30. The van der Waals surface area contributed by atoms with Crippen molar-refractivity contribution in [1.29, 1.82) is 0 Å². The molecule has 0 spiro atoms. The quantitative estimate of drug-likeness (QED) is 0.392. The largest absolute Gasteiger partial charge is 0.433 e. The van der Waals surface area contributed by atoms with Crippen molar-refractivity contribution in [2.24, 2.45) is 0 Å². The van der Waals surface area contributed by atoms with Crippen molar-refractivity contribution in [2.75, 3.05) is 5.32 Å². The maximum Gasteiger partial charge on any atom is 0.433 e. The standard InChI is InChI=1S/C23H15F5N6O/c24-13-2-5-18(25)17(9-13)22(7-8-22)21(35)30-14-3-4-15(16(10-14)20-31-33-34-32-20)12-1-6-19(29-11-12)23(26,27)28/h1-6,9-11H,7-8H2,(H,30,35)(H,31,32,33,34). The van der Waals surface area contributed by atoms with E-state index in [0.717, 1.165) is 30.5 Å². The zero-order valence-corrected chi connectivity index (χ0v) is 17.7. The SMILES string of the molecule is O=C(Nc1ccc(-c2ccc(C(F)(F)F)nc2)c(-c2nnn[nH]2)c1)C1(c2cc(F)ccc2F)CC1. The van der Waals surface area contributed by atoms with Crippen LogP contribution >= 0.6 is 0 Å². The van der Waals surface area contributed by atoms with Gasteiger partial charge in [0.05, 0.1) is 5.41 Å². The Labute approximate surface area is 194 Å². The van der Waals surface area contributed by atoms with Gasteiger partial charge in [-0.05, 0) is 65.2 Å². The lowest BCUT2D eigenvalue weighted by atomic mass is 9.93. The van der Waals surface area contributed by atoms with Gasteiger partial charge in [0.2, 0.25) is 5.91 Å². The molecule has 0 bridgehead atoms. The van der Waals surface area contributed by atoms with Crippen molar-refractivity contribution in [3.63, 3.8) is 0 Å². The summed E-state index contributed by atoms with van der Waals surface area (Å²) in [6, 6.07) is 9.76. The third-order valence-corrected chi connectivity index (χ3v) is 5.87. The fraction of sp³-hybridized carbons (Fsp3) is 0.174. The highest BCUT2D eigenvalue weighted by atomic mass is 19.4. The highest BCUT2D eigenvalue weighted by Gasteiger charge is 2.53. The summed E-state index contributed by atoms with van der Waals surface area (Å²) >= 11 is 0. The maximum atomic E-state index is 14.3. The van der Waals surface area contributed by atoms with Crippen LogP contribution in [0.5, 0.6) is 0 Å². The fourth-order valence-electron chi connectivity index (χ4n) is 3.92. The molecule has 1 amide bonds. The molecule has 0 aliphatic heterocycles. The molecule has 0 atom stereocenters. The van der Waals surface area contributed by atoms with Gasteiger partial charge in [0.25, 0.3) is 0 Å². The van der Waals surface area contributed by atoms with E-state index in [2.05, 4.69) is 30.9 Å². The number of carbonyl (C=O) groups excluding carboxylic acids is 1. The van der Waals surface area contributed by atoms with Crippen LogP contribution in [0.15, 0.2) is 54.7 Å². The molecule has 0 radical (unpaired) electrons. The van der Waals surface area contributed by atoms with E-state index in [9.17, 15) is 26.7 Å². The summed E-state index contributed by atoms with van der Waals surface area (Å²) in [5, 5.41) is 16.2. The van der Waals surface area contributed by atoms with Crippen molar-refractivity contribution in [3.05, 3.63) is 77.6 Å². The molecule has 2 aromatic heterocycles. The normalized spacial score (nSPS) is 14.5. The van der Waals surface area contributed by atoms with Crippen LogP contribution in [0.25, 0.3) is 22.5 Å². The first-order valence-electron chi connectivity index (χ1n) is 10.4. The van der Waals surface area contributed by atoms with Crippen LogP contribution in [0.2, 0.25) is 0 Å². The number of hydrogen-bond acceptors (Lipinski definition) is 5. The molecule has 1 aliphatic carbocycles. The minimum atomic E-state index is -4.58. The maximum absolute atomic E-state index is 14.3. The van der Waals surface area contributed by atoms with Crippen molar-refractivity contribution >= 4 is 11.6 Å². The van der Waals surface area contributed by atoms with Gasteiger partial charge in [0, 0.05) is 28.6 Å². The summed E-state index contributed by atoms with van der Waals surface area (Å²) in [7, 11) is 0. The second-order valence-corrected chi connectivity index (χ2v) is 8.10. The van der Waals surface area contributed by atoms with E-state index < -0.39 is 34.8 Å². The summed E-state index contributed by atoms with van der Waals surface area (Å²) in [5.74, 6) is -1.62. The predicted octanol–water partition coefficient (Wildman–Crippen LogP) is 4.90. The van der Waals surface area contributed by atoms with Crippen LogP contribution in [0.4, 0.5) is 27.6 Å². The molecular formula is C23H15F5N6O. The topological polar surface area (TPSA) is 96.5 Å². The number of H-pyrrole nitrogens is 1. The number of amides is 1. The molecule has 35 heavy (non-hydrogen) atoms. The number of alkyl halides is 3. The third-order valence-electron chi connectivity index (χ3n) is 5.87. The lowest BCUT2D eigenvalue weighted by Crippen LogP contribution is -2.29. The average Bonchev–Trinajstić information content (AvgIpc) is 3.46. The fourth-order valence-corrected chi connectivity index (χ4v) is 3.92. The smallest absolute Gasteiger partial charge is 0.325 e. The Morgan fingerprint density at radius 3 is 2.43 bits per heavy atom. The Hall–Kier alpha value is -4.22. The van der Waals surface area contributed by atoms with E-state index in [0.29, 0.717) is 35.2 Å². The van der Waals surface area contributed by atoms with Gasteiger partial charge in [0.1, 0.15) is 17.3 Å². The Morgan fingerprint density at radius 2 is 1.80 bits per heavy atom. The molecule has 0 saturated heterocycles. The number of hydrogen-bond donors (Lipinski definition) is 2. The molecule has 2 heterocycles. The number of tetrazole rings is 1. The molecule has 178 valence electrons. The van der Waals surface area contributed by atoms with Crippen LogP contribution < -0.4 is 5.32 Å². The molecular weight excluding hydrogens is 471 g/mol. The number of aromatic nitrogens is 5. The van der Waals surface area contributed by atoms with Crippen molar-refractivity contribution in [2.45, 2.75) is 24.4 Å². The predicted molar refractivity (Wildman–Crippen MR) is 114 cm³/mol. The van der Waals surface area contributed by atoms with Gasteiger partial charge in [-0.15, -0.1) is 5.10 Å². The highest BCUT2D eigenvalue weighted by Crippen LogP contribution is 2.50. The average molecular weight is 486 g/mol. The van der Waals surface area contributed by atoms with Gasteiger partial charge >= 0.3 is 6.18 Å². The second-order valence-electron chi connectivity index (χ2n) is 8.10. The Bertz CT molecular complexity index is 1400. The van der Waals surface area contributed by atoms with Crippen LogP contribution in [0, 0.1) is 11.6 Å². The molecule has 2 aromatic carbocycles. The van der Waals surface area contributed by atoms with Gasteiger partial charge in [-0.1, -0.05) is 12.1 Å². The van der Waals surface area contributed by atoms with Crippen molar-refractivity contribution in [1.82, 2.24) is 25.6 Å². The van der Waals surface area contributed by atoms with Gasteiger partial charge < -0.3 is 5.32 Å². The van der Waals surface area contributed by atoms with Crippen molar-refractivity contribution < 1.29 is 26.7 Å². The molecule has 1 fully saturated rings. The highest BCUT2D eigenvalue weighted by molar-refractivity contribution is 6.02. The van der Waals surface area contributed by atoms with E-state index in [-0.39, 0.29) is 11.4 Å².